The van der Waals surface area contributed by atoms with Crippen molar-refractivity contribution in [3.63, 3.8) is 0 Å². The lowest BCUT2D eigenvalue weighted by molar-refractivity contribution is 0.841. The summed E-state index contributed by atoms with van der Waals surface area (Å²) in [5.74, 6) is 0. The Morgan fingerprint density at radius 3 is 3.00 bits per heavy atom. The Balaban J connectivity index is 2.66. The molecule has 0 spiro atoms. The van der Waals surface area contributed by atoms with Crippen molar-refractivity contribution in [3.8, 4) is 0 Å². The van der Waals surface area contributed by atoms with E-state index in [1.807, 2.05) is 24.3 Å². The summed E-state index contributed by atoms with van der Waals surface area (Å²) in [4.78, 5) is 4.18. The van der Waals surface area contributed by atoms with E-state index in [1.54, 1.807) is 4.52 Å². The topological polar surface area (TPSA) is 56.0 Å². The number of tetrazole rings is 1. The third kappa shape index (κ3) is 0.898. The molecule has 0 N–H and O–H groups in total. The van der Waals surface area contributed by atoms with Gasteiger partial charge >= 0.3 is 0 Å². The second-order valence-electron chi connectivity index (χ2n) is 2.81. The average Bonchev–Trinajstić information content (AvgIpc) is 2.67. The molecular formula is C8H4ClN5. The number of hydrogen-bond donors (Lipinski definition) is 0. The lowest BCUT2D eigenvalue weighted by Gasteiger charge is -1.98. The Hall–Kier alpha value is -1.75. The summed E-state index contributed by atoms with van der Waals surface area (Å²) in [6.45, 7) is 0. The number of halogens is 1. The van der Waals surface area contributed by atoms with Crippen LogP contribution in [0, 0.1) is 0 Å². The van der Waals surface area contributed by atoms with Gasteiger partial charge < -0.3 is 0 Å². The maximum absolute atomic E-state index is 5.90. The van der Waals surface area contributed by atoms with Crippen molar-refractivity contribution in [1.29, 1.82) is 0 Å². The number of hydrogen-bond acceptors (Lipinski definition) is 4. The first-order valence-electron chi connectivity index (χ1n) is 3.98. The number of para-hydroxylation sites is 2. The van der Waals surface area contributed by atoms with Gasteiger partial charge in [0.25, 0.3) is 0 Å². The van der Waals surface area contributed by atoms with Crippen LogP contribution in [0.2, 0.25) is 5.15 Å². The number of nitrogens with zero attached hydrogens (tertiary/aromatic N) is 5. The summed E-state index contributed by atoms with van der Waals surface area (Å²) in [5, 5.41) is 11.5. The standard InChI is InChI=1S/C8H4ClN5/c9-7-8-11-12-13-14(8)6-4-2-1-3-5(6)10-7/h1-4H. The molecule has 6 heteroatoms. The highest BCUT2D eigenvalue weighted by Crippen LogP contribution is 2.17. The fourth-order valence-electron chi connectivity index (χ4n) is 1.37. The van der Waals surface area contributed by atoms with Crippen molar-refractivity contribution < 1.29 is 0 Å². The van der Waals surface area contributed by atoms with E-state index in [9.17, 15) is 0 Å². The van der Waals surface area contributed by atoms with Crippen LogP contribution in [0.15, 0.2) is 24.3 Å². The van der Waals surface area contributed by atoms with Crippen LogP contribution in [0.4, 0.5) is 0 Å². The van der Waals surface area contributed by atoms with Crippen molar-refractivity contribution in [2.45, 2.75) is 0 Å². The van der Waals surface area contributed by atoms with Gasteiger partial charge in [-0.15, -0.1) is 5.10 Å². The lowest BCUT2D eigenvalue weighted by atomic mass is 10.3. The summed E-state index contributed by atoms with van der Waals surface area (Å²) in [5.41, 5.74) is 2.10. The molecule has 0 radical (unpaired) electrons. The quantitative estimate of drug-likeness (QED) is 0.556. The summed E-state index contributed by atoms with van der Waals surface area (Å²) < 4.78 is 1.57. The Bertz CT molecular complexity index is 617. The molecule has 2 aromatic heterocycles. The van der Waals surface area contributed by atoms with E-state index in [2.05, 4.69) is 20.5 Å². The van der Waals surface area contributed by atoms with Crippen LogP contribution in [0.3, 0.4) is 0 Å². The van der Waals surface area contributed by atoms with E-state index >= 15 is 0 Å². The first kappa shape index (κ1) is 7.64. The van der Waals surface area contributed by atoms with E-state index in [0.717, 1.165) is 11.0 Å². The molecule has 0 atom stereocenters. The second kappa shape index (κ2) is 2.62. The van der Waals surface area contributed by atoms with E-state index in [1.165, 1.54) is 0 Å². The number of benzene rings is 1. The molecule has 0 aliphatic rings. The fraction of sp³-hybridized carbons (Fsp3) is 0. The summed E-state index contributed by atoms with van der Waals surface area (Å²) in [6, 6.07) is 7.55. The van der Waals surface area contributed by atoms with Crippen molar-refractivity contribution >= 4 is 28.3 Å². The summed E-state index contributed by atoms with van der Waals surface area (Å²) in [6.07, 6.45) is 0. The van der Waals surface area contributed by atoms with Gasteiger partial charge in [-0.2, -0.15) is 4.52 Å². The number of fused-ring (bicyclic) bond motifs is 3. The first-order chi connectivity index (χ1) is 6.86. The zero-order chi connectivity index (χ0) is 9.54. The van der Waals surface area contributed by atoms with Crippen LogP contribution in [-0.2, 0) is 0 Å². The van der Waals surface area contributed by atoms with E-state index in [0.29, 0.717) is 10.8 Å². The fourth-order valence-corrected chi connectivity index (χ4v) is 1.58. The number of aromatic nitrogens is 5. The van der Waals surface area contributed by atoms with Gasteiger partial charge in [-0.3, -0.25) is 0 Å². The lowest BCUT2D eigenvalue weighted by Crippen LogP contribution is -1.93. The summed E-state index contributed by atoms with van der Waals surface area (Å²) in [7, 11) is 0. The van der Waals surface area contributed by atoms with Crippen molar-refractivity contribution in [2.24, 2.45) is 0 Å². The minimum Gasteiger partial charge on any atom is -0.230 e. The molecule has 0 saturated heterocycles. The number of rotatable bonds is 0. The van der Waals surface area contributed by atoms with Gasteiger partial charge in [0.05, 0.1) is 11.0 Å². The van der Waals surface area contributed by atoms with Crippen molar-refractivity contribution in [2.75, 3.05) is 0 Å². The van der Waals surface area contributed by atoms with Crippen LogP contribution >= 0.6 is 11.6 Å². The van der Waals surface area contributed by atoms with Crippen LogP contribution in [0.1, 0.15) is 0 Å². The molecule has 3 aromatic rings. The first-order valence-corrected chi connectivity index (χ1v) is 4.36. The minimum atomic E-state index is 0.314. The predicted octanol–water partition coefficient (Wildman–Crippen LogP) is 1.33. The molecule has 5 nitrogen and oxygen atoms in total. The Kier molecular flexibility index (Phi) is 1.43. The van der Waals surface area contributed by atoms with Crippen LogP contribution in [0.25, 0.3) is 16.7 Å². The van der Waals surface area contributed by atoms with E-state index in [4.69, 9.17) is 11.6 Å². The molecule has 1 aromatic carbocycles. The molecule has 0 aliphatic heterocycles. The Morgan fingerprint density at radius 1 is 1.21 bits per heavy atom. The van der Waals surface area contributed by atoms with Crippen LogP contribution < -0.4 is 0 Å². The maximum atomic E-state index is 5.90. The van der Waals surface area contributed by atoms with Crippen molar-refractivity contribution in [3.05, 3.63) is 29.4 Å². The highest BCUT2D eigenvalue weighted by molar-refractivity contribution is 6.32. The summed E-state index contributed by atoms with van der Waals surface area (Å²) >= 11 is 5.90. The molecule has 2 heterocycles. The smallest absolute Gasteiger partial charge is 0.217 e. The van der Waals surface area contributed by atoms with Gasteiger partial charge in [-0.25, -0.2) is 4.98 Å². The third-order valence-electron chi connectivity index (χ3n) is 1.98. The Morgan fingerprint density at radius 2 is 2.07 bits per heavy atom. The zero-order valence-electron chi connectivity index (χ0n) is 6.92. The molecule has 14 heavy (non-hydrogen) atoms. The molecule has 68 valence electrons. The van der Waals surface area contributed by atoms with Crippen LogP contribution in [0.5, 0.6) is 0 Å². The monoisotopic (exact) mass is 205 g/mol. The Labute approximate surface area is 83.3 Å². The molecule has 0 aliphatic carbocycles. The largest absolute Gasteiger partial charge is 0.230 e. The second-order valence-corrected chi connectivity index (χ2v) is 3.16. The van der Waals surface area contributed by atoms with E-state index in [-0.39, 0.29) is 0 Å². The van der Waals surface area contributed by atoms with Gasteiger partial charge in [0.15, 0.2) is 5.15 Å². The highest BCUT2D eigenvalue weighted by Gasteiger charge is 2.08. The van der Waals surface area contributed by atoms with Gasteiger partial charge in [0, 0.05) is 0 Å². The van der Waals surface area contributed by atoms with E-state index < -0.39 is 0 Å². The van der Waals surface area contributed by atoms with Gasteiger partial charge in [-0.1, -0.05) is 23.7 Å². The molecule has 0 unspecified atom stereocenters. The van der Waals surface area contributed by atoms with Crippen molar-refractivity contribution in [1.82, 2.24) is 25.0 Å². The molecule has 0 bridgehead atoms. The predicted molar refractivity (Wildman–Crippen MR) is 51.1 cm³/mol. The molecule has 3 rings (SSSR count). The SMILES string of the molecule is Clc1nc2ccccc2n2nnnc12. The third-order valence-corrected chi connectivity index (χ3v) is 2.24. The molecule has 0 fully saturated rings. The minimum absolute atomic E-state index is 0.314. The van der Waals surface area contributed by atoms with Gasteiger partial charge in [-0.05, 0) is 22.6 Å². The van der Waals surface area contributed by atoms with Gasteiger partial charge in [0.2, 0.25) is 5.65 Å². The molecule has 0 amide bonds. The normalized spacial score (nSPS) is 11.2. The van der Waals surface area contributed by atoms with Gasteiger partial charge in [0.1, 0.15) is 0 Å². The zero-order valence-corrected chi connectivity index (χ0v) is 7.68. The highest BCUT2D eigenvalue weighted by atomic mass is 35.5. The average molecular weight is 206 g/mol. The van der Waals surface area contributed by atoms with Crippen LogP contribution in [-0.4, -0.2) is 25.0 Å². The molecular weight excluding hydrogens is 202 g/mol. The maximum Gasteiger partial charge on any atom is 0.217 e. The molecule has 0 saturated carbocycles.